The van der Waals surface area contributed by atoms with Crippen molar-refractivity contribution in [2.24, 2.45) is 0 Å². The lowest BCUT2D eigenvalue weighted by molar-refractivity contribution is -0.115. The third kappa shape index (κ3) is 3.95. The van der Waals surface area contributed by atoms with Gasteiger partial charge in [-0.3, -0.25) is 4.79 Å². The van der Waals surface area contributed by atoms with Crippen molar-refractivity contribution in [3.63, 3.8) is 0 Å². The summed E-state index contributed by atoms with van der Waals surface area (Å²) in [5.74, 6) is -1.37. The molecule has 1 aromatic carbocycles. The van der Waals surface area contributed by atoms with Gasteiger partial charge in [0.25, 0.3) is 0 Å². The van der Waals surface area contributed by atoms with Crippen LogP contribution in [0.4, 0.5) is 5.69 Å². The normalized spacial score (nSPS) is 15.2. The molecule has 1 saturated carbocycles. The Bertz CT molecular complexity index is 513. The summed E-state index contributed by atoms with van der Waals surface area (Å²) in [7, 11) is 0. The van der Waals surface area contributed by atoms with E-state index < -0.39 is 5.97 Å². The first-order valence-electron chi connectivity index (χ1n) is 6.62. The van der Waals surface area contributed by atoms with Crippen molar-refractivity contribution in [2.75, 3.05) is 11.9 Å². The van der Waals surface area contributed by atoms with E-state index in [4.69, 9.17) is 16.7 Å². The van der Waals surface area contributed by atoms with Crippen LogP contribution < -0.4 is 10.6 Å². The number of carboxylic acids is 1. The maximum absolute atomic E-state index is 11.8. The van der Waals surface area contributed by atoms with Gasteiger partial charge in [0.2, 0.25) is 5.91 Å². The van der Waals surface area contributed by atoms with E-state index in [1.165, 1.54) is 25.0 Å². The molecule has 1 fully saturated rings. The van der Waals surface area contributed by atoms with Gasteiger partial charge in [0, 0.05) is 11.1 Å². The summed E-state index contributed by atoms with van der Waals surface area (Å²) in [6.45, 7) is 0.187. The second-order valence-electron chi connectivity index (χ2n) is 4.91. The quantitative estimate of drug-likeness (QED) is 0.780. The Morgan fingerprint density at radius 2 is 2.00 bits per heavy atom. The Labute approximate surface area is 122 Å². The summed E-state index contributed by atoms with van der Waals surface area (Å²) in [4.78, 5) is 22.9. The first-order valence-corrected chi connectivity index (χ1v) is 7.00. The van der Waals surface area contributed by atoms with E-state index in [1.54, 1.807) is 6.07 Å². The highest BCUT2D eigenvalue weighted by Gasteiger charge is 2.17. The van der Waals surface area contributed by atoms with Crippen molar-refractivity contribution in [1.82, 2.24) is 5.32 Å². The SMILES string of the molecule is O=C(CNC1CCCC1)Nc1ccc(Cl)cc1C(=O)O. The maximum Gasteiger partial charge on any atom is 0.337 e. The predicted molar refractivity (Wildman–Crippen MR) is 77.3 cm³/mol. The van der Waals surface area contributed by atoms with Crippen LogP contribution in [0.5, 0.6) is 0 Å². The smallest absolute Gasteiger partial charge is 0.337 e. The van der Waals surface area contributed by atoms with Crippen LogP contribution in [0.2, 0.25) is 5.02 Å². The molecule has 1 amide bonds. The molecule has 5 nitrogen and oxygen atoms in total. The highest BCUT2D eigenvalue weighted by atomic mass is 35.5. The first-order chi connectivity index (χ1) is 9.56. The van der Waals surface area contributed by atoms with Gasteiger partial charge < -0.3 is 15.7 Å². The van der Waals surface area contributed by atoms with Gasteiger partial charge in [-0.2, -0.15) is 0 Å². The Balaban J connectivity index is 1.94. The fraction of sp³-hybridized carbons (Fsp3) is 0.429. The summed E-state index contributed by atoms with van der Waals surface area (Å²) in [5.41, 5.74) is 0.256. The summed E-state index contributed by atoms with van der Waals surface area (Å²) in [6.07, 6.45) is 4.57. The second-order valence-corrected chi connectivity index (χ2v) is 5.34. The topological polar surface area (TPSA) is 78.4 Å². The number of benzene rings is 1. The highest BCUT2D eigenvalue weighted by Crippen LogP contribution is 2.21. The van der Waals surface area contributed by atoms with Crippen molar-refractivity contribution in [1.29, 1.82) is 0 Å². The number of rotatable bonds is 5. The molecule has 108 valence electrons. The van der Waals surface area contributed by atoms with Crippen LogP contribution in [0.25, 0.3) is 0 Å². The van der Waals surface area contributed by atoms with Crippen molar-refractivity contribution in [3.8, 4) is 0 Å². The molecule has 0 unspecified atom stereocenters. The number of hydrogen-bond acceptors (Lipinski definition) is 3. The summed E-state index contributed by atoms with van der Waals surface area (Å²) in [5, 5.41) is 15.2. The number of carboxylic acid groups (broad SMARTS) is 1. The van der Waals surface area contributed by atoms with Crippen molar-refractivity contribution >= 4 is 29.2 Å². The van der Waals surface area contributed by atoms with Crippen LogP contribution in [0, 0.1) is 0 Å². The third-order valence-electron chi connectivity index (χ3n) is 3.39. The summed E-state index contributed by atoms with van der Waals surface area (Å²) < 4.78 is 0. The molecule has 0 aromatic heterocycles. The minimum Gasteiger partial charge on any atom is -0.478 e. The summed E-state index contributed by atoms with van der Waals surface area (Å²) >= 11 is 5.76. The van der Waals surface area contributed by atoms with Gasteiger partial charge in [0.1, 0.15) is 0 Å². The first kappa shape index (κ1) is 14.8. The maximum atomic E-state index is 11.8. The van der Waals surface area contributed by atoms with E-state index in [0.717, 1.165) is 12.8 Å². The average molecular weight is 297 g/mol. The van der Waals surface area contributed by atoms with Crippen LogP contribution in [0.1, 0.15) is 36.0 Å². The number of nitrogens with one attached hydrogen (secondary N) is 2. The van der Waals surface area contributed by atoms with Crippen LogP contribution in [0.15, 0.2) is 18.2 Å². The van der Waals surface area contributed by atoms with Gasteiger partial charge in [-0.1, -0.05) is 24.4 Å². The highest BCUT2D eigenvalue weighted by molar-refractivity contribution is 6.31. The molecule has 0 atom stereocenters. The van der Waals surface area contributed by atoms with Gasteiger partial charge in [0.15, 0.2) is 0 Å². The molecule has 3 N–H and O–H groups in total. The predicted octanol–water partition coefficient (Wildman–Crippen LogP) is 2.51. The van der Waals surface area contributed by atoms with Gasteiger partial charge in [-0.05, 0) is 31.0 Å². The van der Waals surface area contributed by atoms with E-state index in [9.17, 15) is 9.59 Å². The zero-order valence-corrected chi connectivity index (χ0v) is 11.7. The zero-order valence-electron chi connectivity index (χ0n) is 11.0. The minimum atomic E-state index is -1.12. The number of carbonyl (C=O) groups is 2. The third-order valence-corrected chi connectivity index (χ3v) is 3.63. The molecular weight excluding hydrogens is 280 g/mol. The van der Waals surface area contributed by atoms with E-state index in [0.29, 0.717) is 11.1 Å². The fourth-order valence-corrected chi connectivity index (χ4v) is 2.54. The fourth-order valence-electron chi connectivity index (χ4n) is 2.36. The standard InChI is InChI=1S/C14H17ClN2O3/c15-9-5-6-12(11(7-9)14(19)20)17-13(18)8-16-10-3-1-2-4-10/h5-7,10,16H,1-4,8H2,(H,17,18)(H,19,20). The van der Waals surface area contributed by atoms with Gasteiger partial charge >= 0.3 is 5.97 Å². The van der Waals surface area contributed by atoms with Crippen molar-refractivity contribution < 1.29 is 14.7 Å². The van der Waals surface area contributed by atoms with E-state index >= 15 is 0 Å². The number of halogens is 1. The number of carbonyl (C=O) groups excluding carboxylic acids is 1. The molecule has 1 aliphatic rings. The van der Waals surface area contributed by atoms with Crippen molar-refractivity contribution in [3.05, 3.63) is 28.8 Å². The molecule has 6 heteroatoms. The molecule has 0 radical (unpaired) electrons. The molecule has 2 rings (SSSR count). The Hall–Kier alpha value is -1.59. The molecule has 0 heterocycles. The van der Waals surface area contributed by atoms with E-state index in [2.05, 4.69) is 10.6 Å². The van der Waals surface area contributed by atoms with Gasteiger partial charge in [-0.15, -0.1) is 0 Å². The number of anilines is 1. The molecule has 0 saturated heterocycles. The zero-order chi connectivity index (χ0) is 14.5. The van der Waals surface area contributed by atoms with Crippen LogP contribution in [-0.4, -0.2) is 29.6 Å². The lowest BCUT2D eigenvalue weighted by atomic mass is 10.2. The molecule has 20 heavy (non-hydrogen) atoms. The van der Waals surface area contributed by atoms with Gasteiger partial charge in [0.05, 0.1) is 17.8 Å². The molecule has 1 aliphatic carbocycles. The number of aromatic carboxylic acids is 1. The van der Waals surface area contributed by atoms with Crippen LogP contribution >= 0.6 is 11.6 Å². The largest absolute Gasteiger partial charge is 0.478 e. The molecule has 0 aliphatic heterocycles. The van der Waals surface area contributed by atoms with Crippen LogP contribution in [-0.2, 0) is 4.79 Å². The number of amides is 1. The molecule has 0 bridgehead atoms. The average Bonchev–Trinajstić information content (AvgIpc) is 2.91. The monoisotopic (exact) mass is 296 g/mol. The second kappa shape index (κ2) is 6.72. The Morgan fingerprint density at radius 1 is 1.30 bits per heavy atom. The lowest BCUT2D eigenvalue weighted by Gasteiger charge is -2.13. The summed E-state index contributed by atoms with van der Waals surface area (Å²) in [6, 6.07) is 4.77. The van der Waals surface area contributed by atoms with Crippen molar-refractivity contribution in [2.45, 2.75) is 31.7 Å². The van der Waals surface area contributed by atoms with Crippen LogP contribution in [0.3, 0.4) is 0 Å². The molecule has 0 spiro atoms. The Morgan fingerprint density at radius 3 is 2.65 bits per heavy atom. The molecule has 1 aromatic rings. The van der Waals surface area contributed by atoms with E-state index in [-0.39, 0.29) is 23.7 Å². The lowest BCUT2D eigenvalue weighted by Crippen LogP contribution is -2.34. The van der Waals surface area contributed by atoms with E-state index in [1.807, 2.05) is 0 Å². The molecular formula is C14H17ClN2O3. The minimum absolute atomic E-state index is 0.00767. The Kier molecular flexibility index (Phi) is 4.98. The number of hydrogen-bond donors (Lipinski definition) is 3. The van der Waals surface area contributed by atoms with Gasteiger partial charge in [-0.25, -0.2) is 4.79 Å².